The van der Waals surface area contributed by atoms with Crippen LogP contribution in [0.15, 0.2) is 29.2 Å². The van der Waals surface area contributed by atoms with Crippen LogP contribution >= 0.6 is 23.4 Å². The molecule has 2 rings (SSSR count). The summed E-state index contributed by atoms with van der Waals surface area (Å²) in [5.74, 6) is 1.79. The summed E-state index contributed by atoms with van der Waals surface area (Å²) in [7, 11) is 2.15. The Labute approximate surface area is 142 Å². The number of carbonyl (C=O) groups excluding carboxylic acids is 1. The molecule has 0 unspecified atom stereocenters. The molecule has 0 spiro atoms. The van der Waals surface area contributed by atoms with E-state index in [1.165, 1.54) is 4.90 Å². The van der Waals surface area contributed by atoms with E-state index in [0.29, 0.717) is 12.3 Å². The fourth-order valence-corrected chi connectivity index (χ4v) is 3.60. The van der Waals surface area contributed by atoms with Crippen molar-refractivity contribution in [2.24, 2.45) is 5.92 Å². The van der Waals surface area contributed by atoms with Gasteiger partial charge in [0.05, 0.1) is 0 Å². The van der Waals surface area contributed by atoms with E-state index in [2.05, 4.69) is 17.3 Å². The SMILES string of the molecule is CN1CCC(CC(=O)NCCCSc2ccc(Cl)cc2)CC1. The molecular formula is C17H25ClN2OS. The maximum Gasteiger partial charge on any atom is 0.220 e. The van der Waals surface area contributed by atoms with Gasteiger partial charge in [-0.2, -0.15) is 0 Å². The highest BCUT2D eigenvalue weighted by Gasteiger charge is 2.19. The Morgan fingerprint density at radius 1 is 1.32 bits per heavy atom. The number of carbonyl (C=O) groups is 1. The third-order valence-corrected chi connectivity index (χ3v) is 5.39. The van der Waals surface area contributed by atoms with E-state index in [1.54, 1.807) is 11.8 Å². The van der Waals surface area contributed by atoms with Crippen molar-refractivity contribution >= 4 is 29.3 Å². The number of rotatable bonds is 7. The van der Waals surface area contributed by atoms with Gasteiger partial charge in [-0.15, -0.1) is 11.8 Å². The molecule has 22 heavy (non-hydrogen) atoms. The van der Waals surface area contributed by atoms with Gasteiger partial charge in [0, 0.05) is 22.9 Å². The van der Waals surface area contributed by atoms with Crippen LogP contribution in [0.3, 0.4) is 0 Å². The minimum atomic E-state index is 0.214. The molecule has 1 aromatic carbocycles. The number of nitrogens with one attached hydrogen (secondary N) is 1. The number of hydrogen-bond donors (Lipinski definition) is 1. The lowest BCUT2D eigenvalue weighted by molar-refractivity contribution is -0.122. The molecule has 1 saturated heterocycles. The quantitative estimate of drug-likeness (QED) is 0.607. The maximum absolute atomic E-state index is 11.9. The smallest absolute Gasteiger partial charge is 0.220 e. The van der Waals surface area contributed by atoms with Gasteiger partial charge in [0.1, 0.15) is 0 Å². The van der Waals surface area contributed by atoms with E-state index in [4.69, 9.17) is 11.6 Å². The molecule has 1 aliphatic heterocycles. The Hall–Kier alpha value is -0.710. The number of likely N-dealkylation sites (tertiary alicyclic amines) is 1. The maximum atomic E-state index is 11.9. The highest BCUT2D eigenvalue weighted by molar-refractivity contribution is 7.99. The zero-order valence-electron chi connectivity index (χ0n) is 13.2. The molecule has 1 amide bonds. The largest absolute Gasteiger partial charge is 0.356 e. The van der Waals surface area contributed by atoms with Crippen molar-refractivity contribution in [3.8, 4) is 0 Å². The standard InChI is InChI=1S/C17H25ClN2OS/c1-20-10-7-14(8-11-20)13-17(21)19-9-2-12-22-16-5-3-15(18)4-6-16/h3-6,14H,2,7-13H2,1H3,(H,19,21). The molecule has 0 aromatic heterocycles. The average molecular weight is 341 g/mol. The van der Waals surface area contributed by atoms with Gasteiger partial charge in [0.2, 0.25) is 5.91 Å². The van der Waals surface area contributed by atoms with Crippen molar-refractivity contribution in [1.29, 1.82) is 0 Å². The molecule has 1 aliphatic rings. The zero-order chi connectivity index (χ0) is 15.8. The first-order valence-electron chi connectivity index (χ1n) is 7.97. The lowest BCUT2D eigenvalue weighted by Crippen LogP contribution is -2.33. The first-order chi connectivity index (χ1) is 10.6. The molecule has 1 N–H and O–H groups in total. The number of thioether (sulfide) groups is 1. The number of benzene rings is 1. The summed E-state index contributed by atoms with van der Waals surface area (Å²) < 4.78 is 0. The normalized spacial score (nSPS) is 16.6. The minimum absolute atomic E-state index is 0.214. The molecule has 1 heterocycles. The van der Waals surface area contributed by atoms with E-state index in [0.717, 1.165) is 49.7 Å². The van der Waals surface area contributed by atoms with Gasteiger partial charge in [-0.3, -0.25) is 4.79 Å². The van der Waals surface area contributed by atoms with Crippen molar-refractivity contribution in [1.82, 2.24) is 10.2 Å². The lowest BCUT2D eigenvalue weighted by Gasteiger charge is -2.28. The number of hydrogen-bond acceptors (Lipinski definition) is 3. The second-order valence-electron chi connectivity index (χ2n) is 5.96. The molecule has 0 saturated carbocycles. The van der Waals surface area contributed by atoms with Crippen LogP contribution in [-0.4, -0.2) is 43.2 Å². The third-order valence-electron chi connectivity index (χ3n) is 4.04. The Kier molecular flexibility index (Phi) is 7.56. The van der Waals surface area contributed by atoms with Gasteiger partial charge in [0.15, 0.2) is 0 Å². The monoisotopic (exact) mass is 340 g/mol. The predicted octanol–water partition coefficient (Wildman–Crippen LogP) is 3.67. The summed E-state index contributed by atoms with van der Waals surface area (Å²) in [6.07, 6.45) is 3.98. The molecule has 122 valence electrons. The summed E-state index contributed by atoms with van der Waals surface area (Å²) in [6.45, 7) is 3.01. The minimum Gasteiger partial charge on any atom is -0.356 e. The van der Waals surface area contributed by atoms with Crippen LogP contribution < -0.4 is 5.32 Å². The van der Waals surface area contributed by atoms with Crippen molar-refractivity contribution in [2.45, 2.75) is 30.6 Å². The topological polar surface area (TPSA) is 32.3 Å². The highest BCUT2D eigenvalue weighted by atomic mass is 35.5. The molecule has 0 bridgehead atoms. The molecule has 1 aromatic rings. The summed E-state index contributed by atoms with van der Waals surface area (Å²) >= 11 is 7.66. The van der Waals surface area contributed by atoms with Crippen molar-refractivity contribution in [2.75, 3.05) is 32.4 Å². The van der Waals surface area contributed by atoms with Gasteiger partial charge in [-0.1, -0.05) is 11.6 Å². The van der Waals surface area contributed by atoms with Gasteiger partial charge in [-0.25, -0.2) is 0 Å². The summed E-state index contributed by atoms with van der Waals surface area (Å²) in [5.41, 5.74) is 0. The second-order valence-corrected chi connectivity index (χ2v) is 7.56. The molecule has 0 radical (unpaired) electrons. The Morgan fingerprint density at radius 3 is 2.68 bits per heavy atom. The third kappa shape index (κ3) is 6.59. The van der Waals surface area contributed by atoms with Gasteiger partial charge < -0.3 is 10.2 Å². The lowest BCUT2D eigenvalue weighted by atomic mass is 9.93. The van der Waals surface area contributed by atoms with Crippen LogP contribution in [0.4, 0.5) is 0 Å². The van der Waals surface area contributed by atoms with Crippen molar-refractivity contribution in [3.63, 3.8) is 0 Å². The molecule has 5 heteroatoms. The summed E-state index contributed by atoms with van der Waals surface area (Å²) in [4.78, 5) is 15.5. The van der Waals surface area contributed by atoms with Crippen LogP contribution in [-0.2, 0) is 4.79 Å². The molecule has 0 atom stereocenters. The van der Waals surface area contributed by atoms with E-state index in [9.17, 15) is 4.79 Å². The fraction of sp³-hybridized carbons (Fsp3) is 0.588. The molecular weight excluding hydrogens is 316 g/mol. The van der Waals surface area contributed by atoms with Crippen LogP contribution in [0.5, 0.6) is 0 Å². The molecule has 0 aliphatic carbocycles. The van der Waals surface area contributed by atoms with Gasteiger partial charge >= 0.3 is 0 Å². The zero-order valence-corrected chi connectivity index (χ0v) is 14.8. The fourth-order valence-electron chi connectivity index (χ4n) is 2.62. The number of halogens is 1. The second kappa shape index (κ2) is 9.43. The van der Waals surface area contributed by atoms with E-state index < -0.39 is 0 Å². The summed E-state index contributed by atoms with van der Waals surface area (Å²) in [6, 6.07) is 7.89. The number of amides is 1. The Balaban J connectivity index is 1.52. The van der Waals surface area contributed by atoms with Crippen LogP contribution in [0.25, 0.3) is 0 Å². The Bertz CT molecular complexity index is 458. The van der Waals surface area contributed by atoms with Crippen LogP contribution in [0.2, 0.25) is 5.02 Å². The first kappa shape index (κ1) is 17.6. The van der Waals surface area contributed by atoms with Gasteiger partial charge in [-0.05, 0) is 75.3 Å². The van der Waals surface area contributed by atoms with E-state index in [1.807, 2.05) is 24.3 Å². The number of piperidine rings is 1. The Morgan fingerprint density at radius 2 is 2.00 bits per heavy atom. The molecule has 3 nitrogen and oxygen atoms in total. The predicted molar refractivity (Wildman–Crippen MR) is 94.6 cm³/mol. The first-order valence-corrected chi connectivity index (χ1v) is 9.33. The van der Waals surface area contributed by atoms with Crippen molar-refractivity contribution < 1.29 is 4.79 Å². The van der Waals surface area contributed by atoms with E-state index >= 15 is 0 Å². The number of nitrogens with zero attached hydrogens (tertiary/aromatic N) is 1. The molecule has 1 fully saturated rings. The summed E-state index contributed by atoms with van der Waals surface area (Å²) in [5, 5.41) is 3.82. The highest BCUT2D eigenvalue weighted by Crippen LogP contribution is 2.21. The van der Waals surface area contributed by atoms with Crippen LogP contribution in [0.1, 0.15) is 25.7 Å². The van der Waals surface area contributed by atoms with E-state index in [-0.39, 0.29) is 5.91 Å². The van der Waals surface area contributed by atoms with Gasteiger partial charge in [0.25, 0.3) is 0 Å². The van der Waals surface area contributed by atoms with Crippen LogP contribution in [0, 0.1) is 5.92 Å². The van der Waals surface area contributed by atoms with Crippen molar-refractivity contribution in [3.05, 3.63) is 29.3 Å². The average Bonchev–Trinajstić information content (AvgIpc) is 2.51.